The number of hydrogen-bond acceptors (Lipinski definition) is 3. The zero-order chi connectivity index (χ0) is 16.3. The van der Waals surface area contributed by atoms with Crippen molar-refractivity contribution in [1.82, 2.24) is 15.1 Å². The molecule has 0 atom stereocenters. The van der Waals surface area contributed by atoms with Crippen LogP contribution >= 0.6 is 0 Å². The molecule has 1 rings (SSSR count). The van der Waals surface area contributed by atoms with Gasteiger partial charge in [0.25, 0.3) is 0 Å². The molecule has 0 unspecified atom stereocenters. The summed E-state index contributed by atoms with van der Waals surface area (Å²) < 4.78 is 36.7. The summed E-state index contributed by atoms with van der Waals surface area (Å²) in [6.45, 7) is 5.04. The molecule has 0 aromatic carbocycles. The molecule has 1 heterocycles. The molecule has 1 aliphatic rings. The van der Waals surface area contributed by atoms with Crippen LogP contribution in [-0.2, 0) is 9.59 Å². The van der Waals surface area contributed by atoms with E-state index < -0.39 is 18.1 Å². The van der Waals surface area contributed by atoms with Crippen LogP contribution < -0.4 is 5.32 Å². The van der Waals surface area contributed by atoms with Crippen molar-refractivity contribution < 1.29 is 22.8 Å². The van der Waals surface area contributed by atoms with Gasteiger partial charge in [-0.25, -0.2) is 0 Å². The van der Waals surface area contributed by atoms with Gasteiger partial charge in [-0.3, -0.25) is 14.5 Å². The van der Waals surface area contributed by atoms with Gasteiger partial charge >= 0.3 is 6.18 Å². The first-order chi connectivity index (χ1) is 9.49. The standard InChI is InChI=1S/C13H22F3N3O2/c1-12(2,3)11(21)17-8-10(20)19-6-4-18(5-7-19)9-13(14,15)16/h4-9H2,1-3H3,(H,17,21). The highest BCUT2D eigenvalue weighted by molar-refractivity contribution is 5.87. The molecule has 0 aromatic rings. The zero-order valence-electron chi connectivity index (χ0n) is 12.6. The van der Waals surface area contributed by atoms with Gasteiger partial charge in [0.1, 0.15) is 0 Å². The SMILES string of the molecule is CC(C)(C)C(=O)NCC(=O)N1CCN(CC(F)(F)F)CC1. The molecule has 5 nitrogen and oxygen atoms in total. The highest BCUT2D eigenvalue weighted by atomic mass is 19.4. The number of hydrogen-bond donors (Lipinski definition) is 1. The number of rotatable bonds is 3. The van der Waals surface area contributed by atoms with Crippen molar-refractivity contribution in [2.75, 3.05) is 39.3 Å². The predicted molar refractivity (Wildman–Crippen MR) is 71.5 cm³/mol. The maximum absolute atomic E-state index is 12.2. The van der Waals surface area contributed by atoms with E-state index >= 15 is 0 Å². The molecular weight excluding hydrogens is 287 g/mol. The van der Waals surface area contributed by atoms with Gasteiger partial charge in [-0.15, -0.1) is 0 Å². The Kier molecular flexibility index (Phi) is 5.61. The molecule has 0 aliphatic carbocycles. The maximum Gasteiger partial charge on any atom is 0.401 e. The van der Waals surface area contributed by atoms with Crippen LogP contribution in [0.5, 0.6) is 0 Å². The minimum absolute atomic E-state index is 0.116. The Morgan fingerprint density at radius 2 is 1.57 bits per heavy atom. The number of halogens is 3. The number of alkyl halides is 3. The first-order valence-corrected chi connectivity index (χ1v) is 6.84. The fraction of sp³-hybridized carbons (Fsp3) is 0.846. The largest absolute Gasteiger partial charge is 0.401 e. The summed E-state index contributed by atoms with van der Waals surface area (Å²) in [5.74, 6) is -0.495. The summed E-state index contributed by atoms with van der Waals surface area (Å²) >= 11 is 0. The van der Waals surface area contributed by atoms with Crippen molar-refractivity contribution in [3.05, 3.63) is 0 Å². The van der Waals surface area contributed by atoms with E-state index in [1.807, 2.05) is 0 Å². The third kappa shape index (κ3) is 6.33. The van der Waals surface area contributed by atoms with Gasteiger partial charge in [0.05, 0.1) is 13.1 Å². The van der Waals surface area contributed by atoms with Crippen molar-refractivity contribution in [2.24, 2.45) is 5.41 Å². The fourth-order valence-corrected chi connectivity index (χ4v) is 1.94. The van der Waals surface area contributed by atoms with Crippen LogP contribution in [0.3, 0.4) is 0 Å². The van der Waals surface area contributed by atoms with E-state index in [1.54, 1.807) is 20.8 Å². The van der Waals surface area contributed by atoms with Crippen molar-refractivity contribution in [1.29, 1.82) is 0 Å². The Bertz CT molecular complexity index is 383. The van der Waals surface area contributed by atoms with Crippen LogP contribution in [0, 0.1) is 5.41 Å². The lowest BCUT2D eigenvalue weighted by molar-refractivity contribution is -0.152. The molecule has 1 N–H and O–H groups in total. The van der Waals surface area contributed by atoms with Crippen LogP contribution in [-0.4, -0.2) is 67.1 Å². The van der Waals surface area contributed by atoms with Crippen LogP contribution in [0.4, 0.5) is 13.2 Å². The van der Waals surface area contributed by atoms with Gasteiger partial charge in [-0.05, 0) is 0 Å². The summed E-state index contributed by atoms with van der Waals surface area (Å²) in [5.41, 5.74) is -0.578. The normalized spacial score (nSPS) is 17.7. The third-order valence-corrected chi connectivity index (χ3v) is 3.21. The minimum Gasteiger partial charge on any atom is -0.347 e. The fourth-order valence-electron chi connectivity index (χ4n) is 1.94. The van der Waals surface area contributed by atoms with Crippen LogP contribution in [0.2, 0.25) is 0 Å². The molecule has 0 radical (unpaired) electrons. The third-order valence-electron chi connectivity index (χ3n) is 3.21. The molecular formula is C13H22F3N3O2. The van der Waals surface area contributed by atoms with Crippen LogP contribution in [0.1, 0.15) is 20.8 Å². The highest BCUT2D eigenvalue weighted by Gasteiger charge is 2.33. The summed E-state index contributed by atoms with van der Waals surface area (Å²) in [4.78, 5) is 26.3. The number of nitrogens with one attached hydrogen (secondary N) is 1. The molecule has 1 aliphatic heterocycles. The van der Waals surface area contributed by atoms with Crippen molar-refractivity contribution in [3.63, 3.8) is 0 Å². The molecule has 0 bridgehead atoms. The Morgan fingerprint density at radius 1 is 1.05 bits per heavy atom. The number of carbonyl (C=O) groups is 2. The van der Waals surface area contributed by atoms with E-state index in [4.69, 9.17) is 0 Å². The first-order valence-electron chi connectivity index (χ1n) is 6.84. The number of nitrogens with zero attached hydrogens (tertiary/aromatic N) is 2. The van der Waals surface area contributed by atoms with E-state index in [0.717, 1.165) is 0 Å². The Labute approximate surface area is 122 Å². The van der Waals surface area contributed by atoms with Crippen molar-refractivity contribution in [2.45, 2.75) is 26.9 Å². The topological polar surface area (TPSA) is 52.7 Å². The highest BCUT2D eigenvalue weighted by Crippen LogP contribution is 2.17. The predicted octanol–water partition coefficient (Wildman–Crippen LogP) is 0.855. The van der Waals surface area contributed by atoms with Crippen LogP contribution in [0.25, 0.3) is 0 Å². The molecule has 1 fully saturated rings. The number of carbonyl (C=O) groups excluding carboxylic acids is 2. The second-order valence-corrected chi connectivity index (χ2v) is 6.20. The Morgan fingerprint density at radius 3 is 2.00 bits per heavy atom. The van der Waals surface area contributed by atoms with E-state index in [2.05, 4.69) is 5.32 Å². The molecule has 0 aromatic heterocycles. The van der Waals surface area contributed by atoms with Gasteiger partial charge < -0.3 is 10.2 Å². The molecule has 21 heavy (non-hydrogen) atoms. The van der Waals surface area contributed by atoms with Gasteiger partial charge in [0.2, 0.25) is 11.8 Å². The summed E-state index contributed by atoms with van der Waals surface area (Å²) in [6.07, 6.45) is -4.22. The van der Waals surface area contributed by atoms with Gasteiger partial charge in [-0.2, -0.15) is 13.2 Å². The van der Waals surface area contributed by atoms with E-state index in [-0.39, 0.29) is 44.5 Å². The lowest BCUT2D eigenvalue weighted by Crippen LogP contribution is -2.53. The average Bonchev–Trinajstić information content (AvgIpc) is 2.33. The lowest BCUT2D eigenvalue weighted by Gasteiger charge is -2.35. The second kappa shape index (κ2) is 6.64. The molecule has 0 spiro atoms. The van der Waals surface area contributed by atoms with E-state index in [1.165, 1.54) is 9.80 Å². The molecule has 0 saturated carbocycles. The smallest absolute Gasteiger partial charge is 0.347 e. The Balaban J connectivity index is 2.34. The number of amides is 2. The molecule has 8 heteroatoms. The molecule has 2 amide bonds. The quantitative estimate of drug-likeness (QED) is 0.841. The van der Waals surface area contributed by atoms with Crippen molar-refractivity contribution in [3.8, 4) is 0 Å². The Hall–Kier alpha value is -1.31. The minimum atomic E-state index is -4.22. The molecule has 1 saturated heterocycles. The average molecular weight is 309 g/mol. The van der Waals surface area contributed by atoms with Crippen molar-refractivity contribution >= 4 is 11.8 Å². The number of piperazine rings is 1. The lowest BCUT2D eigenvalue weighted by atomic mass is 9.96. The summed E-state index contributed by atoms with van der Waals surface area (Å²) in [7, 11) is 0. The maximum atomic E-state index is 12.2. The van der Waals surface area contributed by atoms with Gasteiger partial charge in [0.15, 0.2) is 0 Å². The van der Waals surface area contributed by atoms with E-state index in [9.17, 15) is 22.8 Å². The van der Waals surface area contributed by atoms with E-state index in [0.29, 0.717) is 0 Å². The molecule has 122 valence electrons. The zero-order valence-corrected chi connectivity index (χ0v) is 12.6. The van der Waals surface area contributed by atoms with Gasteiger partial charge in [0, 0.05) is 31.6 Å². The summed E-state index contributed by atoms with van der Waals surface area (Å²) in [6, 6.07) is 0. The first kappa shape index (κ1) is 17.7. The monoisotopic (exact) mass is 309 g/mol. The van der Waals surface area contributed by atoms with Crippen LogP contribution in [0.15, 0.2) is 0 Å². The van der Waals surface area contributed by atoms with Gasteiger partial charge in [-0.1, -0.05) is 20.8 Å². The second-order valence-electron chi connectivity index (χ2n) is 6.20. The summed E-state index contributed by atoms with van der Waals surface area (Å²) in [5, 5.41) is 2.55.